The van der Waals surface area contributed by atoms with Gasteiger partial charge in [0, 0.05) is 53.9 Å². The third-order valence-electron chi connectivity index (χ3n) is 5.68. The topological polar surface area (TPSA) is 66.3 Å². The molecule has 1 fully saturated rings. The van der Waals surface area contributed by atoms with Crippen LogP contribution in [0.25, 0.3) is 11.3 Å². The van der Waals surface area contributed by atoms with Crippen LogP contribution >= 0.6 is 0 Å². The van der Waals surface area contributed by atoms with E-state index >= 15 is 0 Å². The van der Waals surface area contributed by atoms with E-state index in [1.54, 1.807) is 6.20 Å². The number of piperidine rings is 1. The highest BCUT2D eigenvalue weighted by molar-refractivity contribution is 5.63. The highest BCUT2D eigenvalue weighted by atomic mass is 15.2. The van der Waals surface area contributed by atoms with Crippen LogP contribution in [-0.2, 0) is 0 Å². The Labute approximate surface area is 179 Å². The zero-order valence-corrected chi connectivity index (χ0v) is 18.5. The van der Waals surface area contributed by atoms with Crippen molar-refractivity contribution in [2.24, 2.45) is 4.99 Å². The first-order chi connectivity index (χ1) is 14.5. The van der Waals surface area contributed by atoms with Gasteiger partial charge in [0.05, 0.1) is 5.69 Å². The van der Waals surface area contributed by atoms with E-state index in [0.29, 0.717) is 12.0 Å². The standard InChI is InChI=1S/C24H32N6/c1-6-21(13-17(3)25-5)27-23-14-22(19-9-8-12-26-15-19)28-24(29-23)20-11-10-18(4)30(7-2)16-20/h6,8-9,12-15,18,20H,5,7,10-11,16H2,1-4H3,(H,27,28,29)/b17-13-,21-6+/t18-,20+/m0/s1. The molecule has 2 aromatic rings. The summed E-state index contributed by atoms with van der Waals surface area (Å²) in [6.07, 6.45) is 9.85. The minimum atomic E-state index is 0.319. The first kappa shape index (κ1) is 21.8. The van der Waals surface area contributed by atoms with Gasteiger partial charge in [-0.05, 0) is 65.1 Å². The summed E-state index contributed by atoms with van der Waals surface area (Å²) in [5.41, 5.74) is 3.64. The van der Waals surface area contributed by atoms with Crippen LogP contribution in [-0.4, -0.2) is 45.7 Å². The summed E-state index contributed by atoms with van der Waals surface area (Å²) in [6.45, 7) is 14.1. The molecule has 1 saturated heterocycles. The number of pyridine rings is 1. The summed E-state index contributed by atoms with van der Waals surface area (Å²) >= 11 is 0. The largest absolute Gasteiger partial charge is 0.340 e. The van der Waals surface area contributed by atoms with Crippen molar-refractivity contribution in [2.75, 3.05) is 18.4 Å². The fourth-order valence-corrected chi connectivity index (χ4v) is 3.82. The molecule has 6 nitrogen and oxygen atoms in total. The summed E-state index contributed by atoms with van der Waals surface area (Å²) in [5, 5.41) is 3.43. The average molecular weight is 405 g/mol. The second-order valence-corrected chi connectivity index (χ2v) is 7.76. The number of allylic oxidation sites excluding steroid dienone is 3. The van der Waals surface area contributed by atoms with Gasteiger partial charge in [0.15, 0.2) is 0 Å². The molecule has 6 heteroatoms. The van der Waals surface area contributed by atoms with E-state index in [9.17, 15) is 0 Å². The molecule has 0 unspecified atom stereocenters. The molecule has 2 aromatic heterocycles. The number of anilines is 1. The second-order valence-electron chi connectivity index (χ2n) is 7.76. The Morgan fingerprint density at radius 1 is 1.37 bits per heavy atom. The van der Waals surface area contributed by atoms with Crippen molar-refractivity contribution in [1.29, 1.82) is 0 Å². The summed E-state index contributed by atoms with van der Waals surface area (Å²) in [5.74, 6) is 1.99. The first-order valence-corrected chi connectivity index (χ1v) is 10.7. The van der Waals surface area contributed by atoms with Crippen molar-refractivity contribution in [1.82, 2.24) is 19.9 Å². The maximum atomic E-state index is 4.95. The van der Waals surface area contributed by atoms with Crippen LogP contribution in [0.1, 0.15) is 52.3 Å². The number of likely N-dealkylation sites (tertiary alicyclic amines) is 1. The Morgan fingerprint density at radius 3 is 2.87 bits per heavy atom. The smallest absolute Gasteiger partial charge is 0.135 e. The van der Waals surface area contributed by atoms with Gasteiger partial charge < -0.3 is 10.2 Å². The van der Waals surface area contributed by atoms with Crippen LogP contribution in [0, 0.1) is 0 Å². The molecule has 0 aliphatic carbocycles. The lowest BCUT2D eigenvalue weighted by atomic mass is 9.92. The normalized spacial score (nSPS) is 20.8. The molecule has 158 valence electrons. The van der Waals surface area contributed by atoms with Gasteiger partial charge in [-0.2, -0.15) is 0 Å². The van der Waals surface area contributed by atoms with Gasteiger partial charge in [0.2, 0.25) is 0 Å². The van der Waals surface area contributed by atoms with Gasteiger partial charge >= 0.3 is 0 Å². The predicted octanol–water partition coefficient (Wildman–Crippen LogP) is 5.05. The third kappa shape index (κ3) is 5.39. The van der Waals surface area contributed by atoms with Gasteiger partial charge in [0.25, 0.3) is 0 Å². The van der Waals surface area contributed by atoms with Crippen LogP contribution in [0.4, 0.5) is 5.82 Å². The van der Waals surface area contributed by atoms with E-state index in [1.807, 2.05) is 50.4 Å². The second kappa shape index (κ2) is 10.3. The number of hydrogen-bond acceptors (Lipinski definition) is 6. The van der Waals surface area contributed by atoms with Gasteiger partial charge in [-0.1, -0.05) is 13.0 Å². The molecular formula is C24H32N6. The molecule has 0 aromatic carbocycles. The van der Waals surface area contributed by atoms with Crippen molar-refractivity contribution in [3.05, 3.63) is 60.0 Å². The van der Waals surface area contributed by atoms with Crippen molar-refractivity contribution >= 4 is 12.5 Å². The Morgan fingerprint density at radius 2 is 2.20 bits per heavy atom. The van der Waals surface area contributed by atoms with Crippen molar-refractivity contribution in [2.45, 2.75) is 52.5 Å². The maximum Gasteiger partial charge on any atom is 0.135 e. The number of aliphatic imine (C=N–C) groups is 1. The molecule has 1 aliphatic rings. The minimum absolute atomic E-state index is 0.319. The molecule has 0 saturated carbocycles. The lowest BCUT2D eigenvalue weighted by Crippen LogP contribution is -2.41. The van der Waals surface area contributed by atoms with Crippen LogP contribution in [0.2, 0.25) is 0 Å². The summed E-state index contributed by atoms with van der Waals surface area (Å²) in [6, 6.07) is 6.56. The molecule has 0 spiro atoms. The Hall–Kier alpha value is -2.86. The molecule has 1 aliphatic heterocycles. The zero-order chi connectivity index (χ0) is 21.5. The molecule has 3 rings (SSSR count). The summed E-state index contributed by atoms with van der Waals surface area (Å²) < 4.78 is 0. The summed E-state index contributed by atoms with van der Waals surface area (Å²) in [7, 11) is 0. The molecule has 3 heterocycles. The SMILES string of the molecule is C=N/C(C)=C\C(=C/C)Nc1cc(-c2cccnc2)nc([C@@H]2CC[C@H](C)N(CC)C2)n1. The van der Waals surface area contributed by atoms with Crippen molar-refractivity contribution in [3.8, 4) is 11.3 Å². The molecule has 30 heavy (non-hydrogen) atoms. The minimum Gasteiger partial charge on any atom is -0.340 e. The zero-order valence-electron chi connectivity index (χ0n) is 18.5. The van der Waals surface area contributed by atoms with Crippen molar-refractivity contribution in [3.63, 3.8) is 0 Å². The van der Waals surface area contributed by atoms with Crippen LogP contribution in [0.3, 0.4) is 0 Å². The molecule has 2 atom stereocenters. The Balaban J connectivity index is 1.98. The number of likely N-dealkylation sites (N-methyl/N-ethyl adjacent to an activating group) is 1. The van der Waals surface area contributed by atoms with E-state index in [-0.39, 0.29) is 0 Å². The van der Waals surface area contributed by atoms with E-state index in [2.05, 4.69) is 40.8 Å². The van der Waals surface area contributed by atoms with Gasteiger partial charge in [0.1, 0.15) is 11.6 Å². The van der Waals surface area contributed by atoms with Crippen LogP contribution in [0.5, 0.6) is 0 Å². The first-order valence-electron chi connectivity index (χ1n) is 10.7. The fraction of sp³-hybridized carbons (Fsp3) is 0.417. The molecule has 0 radical (unpaired) electrons. The molecule has 0 bridgehead atoms. The highest BCUT2D eigenvalue weighted by Gasteiger charge is 2.27. The Kier molecular flexibility index (Phi) is 7.46. The van der Waals surface area contributed by atoms with Gasteiger partial charge in [-0.3, -0.25) is 9.98 Å². The van der Waals surface area contributed by atoms with E-state index < -0.39 is 0 Å². The predicted molar refractivity (Wildman–Crippen MR) is 125 cm³/mol. The average Bonchev–Trinajstić information content (AvgIpc) is 2.79. The fourth-order valence-electron chi connectivity index (χ4n) is 3.82. The monoisotopic (exact) mass is 404 g/mol. The molecule has 1 N–H and O–H groups in total. The number of rotatable bonds is 7. The highest BCUT2D eigenvalue weighted by Crippen LogP contribution is 2.30. The van der Waals surface area contributed by atoms with Gasteiger partial charge in [-0.15, -0.1) is 0 Å². The number of nitrogens with one attached hydrogen (secondary N) is 1. The van der Waals surface area contributed by atoms with Crippen LogP contribution in [0.15, 0.2) is 59.1 Å². The van der Waals surface area contributed by atoms with E-state index in [1.165, 1.54) is 0 Å². The number of hydrogen-bond donors (Lipinski definition) is 1. The van der Waals surface area contributed by atoms with Gasteiger partial charge in [-0.25, -0.2) is 9.97 Å². The third-order valence-corrected chi connectivity index (χ3v) is 5.68. The number of nitrogens with zero attached hydrogens (tertiary/aromatic N) is 5. The Bertz CT molecular complexity index is 919. The maximum absolute atomic E-state index is 4.95. The quantitative estimate of drug-likeness (QED) is 0.517. The molecule has 0 amide bonds. The van der Waals surface area contributed by atoms with Crippen LogP contribution < -0.4 is 5.32 Å². The summed E-state index contributed by atoms with van der Waals surface area (Å²) in [4.78, 5) is 20.6. The van der Waals surface area contributed by atoms with E-state index in [0.717, 1.165) is 60.2 Å². The van der Waals surface area contributed by atoms with Crippen molar-refractivity contribution < 1.29 is 0 Å². The lowest BCUT2D eigenvalue weighted by Gasteiger charge is -2.36. The van der Waals surface area contributed by atoms with E-state index in [4.69, 9.17) is 9.97 Å². The molecular weight excluding hydrogens is 372 g/mol. The lowest BCUT2D eigenvalue weighted by molar-refractivity contribution is 0.149. The number of aromatic nitrogens is 3.